The summed E-state index contributed by atoms with van der Waals surface area (Å²) in [6.45, 7) is 3.62. The van der Waals surface area contributed by atoms with Gasteiger partial charge in [-0.05, 0) is 60.4 Å². The van der Waals surface area contributed by atoms with Crippen molar-refractivity contribution in [2.24, 2.45) is 5.41 Å². The molecule has 2 unspecified atom stereocenters. The monoisotopic (exact) mass is 482 g/mol. The number of aliphatic carboxylic acids is 1. The van der Waals surface area contributed by atoms with E-state index in [9.17, 15) is 14.7 Å². The second kappa shape index (κ2) is 9.16. The molecule has 0 saturated carbocycles. The van der Waals surface area contributed by atoms with E-state index in [1.165, 1.54) is 0 Å². The van der Waals surface area contributed by atoms with Crippen molar-refractivity contribution in [2.75, 3.05) is 4.90 Å². The summed E-state index contributed by atoms with van der Waals surface area (Å²) in [5.41, 5.74) is 1.53. The minimum atomic E-state index is -1.12. The highest BCUT2D eigenvalue weighted by Crippen LogP contribution is 2.52. The Morgan fingerprint density at radius 1 is 1.09 bits per heavy atom. The van der Waals surface area contributed by atoms with E-state index >= 15 is 0 Å². The maximum Gasteiger partial charge on any atom is 0.304 e. The van der Waals surface area contributed by atoms with Crippen LogP contribution in [-0.4, -0.2) is 22.0 Å². The van der Waals surface area contributed by atoms with Crippen molar-refractivity contribution in [1.29, 1.82) is 0 Å². The van der Waals surface area contributed by atoms with Gasteiger partial charge < -0.3 is 5.11 Å². The molecule has 33 heavy (non-hydrogen) atoms. The van der Waals surface area contributed by atoms with Crippen molar-refractivity contribution >= 4 is 40.9 Å². The third kappa shape index (κ3) is 4.61. The summed E-state index contributed by atoms with van der Waals surface area (Å²) in [5.74, 6) is -0.970. The number of carbonyl (C=O) groups excluding carboxylic acids is 1. The van der Waals surface area contributed by atoms with Gasteiger partial charge in [0, 0.05) is 22.2 Å². The lowest BCUT2D eigenvalue weighted by atomic mass is 9.67. The molecule has 0 aliphatic carbocycles. The van der Waals surface area contributed by atoms with Crippen LogP contribution in [-0.2, 0) is 9.59 Å². The van der Waals surface area contributed by atoms with Crippen LogP contribution in [0.15, 0.2) is 66.9 Å². The number of anilines is 1. The zero-order chi connectivity index (χ0) is 23.8. The molecule has 1 amide bonds. The Kier molecular flexibility index (Phi) is 6.46. The summed E-state index contributed by atoms with van der Waals surface area (Å²) in [7, 11) is 0. The molecule has 3 atom stereocenters. The second-order valence-corrected chi connectivity index (χ2v) is 9.69. The zero-order valence-corrected chi connectivity index (χ0v) is 19.8. The zero-order valence-electron chi connectivity index (χ0n) is 18.3. The summed E-state index contributed by atoms with van der Waals surface area (Å²) in [6, 6.07) is 18.2. The fraction of sp³-hybridized carbons (Fsp3) is 0.269. The van der Waals surface area contributed by atoms with Crippen molar-refractivity contribution in [3.8, 4) is 0 Å². The Labute approximate surface area is 203 Å². The predicted molar refractivity (Wildman–Crippen MR) is 130 cm³/mol. The third-order valence-corrected chi connectivity index (χ3v) is 6.79. The number of aryl methyl sites for hydroxylation is 1. The highest BCUT2D eigenvalue weighted by molar-refractivity contribution is 6.30. The fourth-order valence-corrected chi connectivity index (χ4v) is 5.12. The quantitative estimate of drug-likeness (QED) is 0.454. The maximum atomic E-state index is 14.0. The Morgan fingerprint density at radius 3 is 2.45 bits per heavy atom. The lowest BCUT2D eigenvalue weighted by Gasteiger charge is -2.48. The van der Waals surface area contributed by atoms with E-state index in [0.717, 1.165) is 16.7 Å². The molecule has 3 aromatic rings. The summed E-state index contributed by atoms with van der Waals surface area (Å²) in [4.78, 5) is 32.0. The average Bonchev–Trinajstić information content (AvgIpc) is 2.76. The molecule has 1 fully saturated rings. The average molecular weight is 483 g/mol. The molecule has 1 aliphatic heterocycles. The van der Waals surface area contributed by atoms with Crippen molar-refractivity contribution in [2.45, 2.75) is 38.6 Å². The number of hydrogen-bond acceptors (Lipinski definition) is 3. The van der Waals surface area contributed by atoms with Crippen molar-refractivity contribution in [3.63, 3.8) is 0 Å². The largest absolute Gasteiger partial charge is 0.481 e. The van der Waals surface area contributed by atoms with Crippen LogP contribution < -0.4 is 4.90 Å². The van der Waals surface area contributed by atoms with Crippen molar-refractivity contribution in [3.05, 3.63) is 93.6 Å². The SMILES string of the molecule is Cc1cccnc1N1C(=O)[C@@](C)(CC(=O)O)CC(c2cccc(Cl)c2)C1c1ccc(Cl)cc1. The molecule has 1 aromatic heterocycles. The number of carboxylic acids is 1. The van der Waals surface area contributed by atoms with E-state index in [1.54, 1.807) is 36.2 Å². The first-order chi connectivity index (χ1) is 15.7. The van der Waals surface area contributed by atoms with Gasteiger partial charge in [-0.2, -0.15) is 0 Å². The first-order valence-corrected chi connectivity index (χ1v) is 11.4. The van der Waals surface area contributed by atoms with Crippen LogP contribution in [0.5, 0.6) is 0 Å². The molecule has 1 N–H and O–H groups in total. The second-order valence-electron chi connectivity index (χ2n) is 8.81. The molecule has 7 heteroatoms. The molecule has 170 valence electrons. The lowest BCUT2D eigenvalue weighted by molar-refractivity contribution is -0.145. The minimum absolute atomic E-state index is 0.215. The number of nitrogens with zero attached hydrogens (tertiary/aromatic N) is 2. The number of rotatable bonds is 5. The Hall–Kier alpha value is -2.89. The van der Waals surface area contributed by atoms with Gasteiger partial charge >= 0.3 is 5.97 Å². The van der Waals surface area contributed by atoms with Crippen LogP contribution >= 0.6 is 23.2 Å². The highest BCUT2D eigenvalue weighted by Gasteiger charge is 2.51. The van der Waals surface area contributed by atoms with E-state index in [1.807, 2.05) is 49.4 Å². The molecular weight excluding hydrogens is 459 g/mol. The van der Waals surface area contributed by atoms with Crippen molar-refractivity contribution in [1.82, 2.24) is 4.98 Å². The number of benzene rings is 2. The number of aromatic nitrogens is 1. The molecule has 2 aromatic carbocycles. The topological polar surface area (TPSA) is 70.5 Å². The number of pyridine rings is 1. The van der Waals surface area contributed by atoms with Gasteiger partial charge in [0.05, 0.1) is 17.9 Å². The fourth-order valence-electron chi connectivity index (χ4n) is 4.80. The van der Waals surface area contributed by atoms with E-state index in [-0.39, 0.29) is 18.2 Å². The minimum Gasteiger partial charge on any atom is -0.481 e. The third-order valence-electron chi connectivity index (χ3n) is 6.30. The number of carboxylic acid groups (broad SMARTS) is 1. The van der Waals surface area contributed by atoms with Crippen molar-refractivity contribution < 1.29 is 14.7 Å². The van der Waals surface area contributed by atoms with Gasteiger partial charge in [-0.1, -0.05) is 60.5 Å². The molecule has 1 saturated heterocycles. The molecular formula is C26H24Cl2N2O3. The maximum absolute atomic E-state index is 14.0. The number of piperidine rings is 1. The van der Waals surface area contributed by atoms with Crippen LogP contribution in [0.4, 0.5) is 5.82 Å². The molecule has 4 rings (SSSR count). The molecule has 2 heterocycles. The lowest BCUT2D eigenvalue weighted by Crippen LogP contribution is -2.53. The van der Waals surface area contributed by atoms with Gasteiger partial charge in [-0.15, -0.1) is 0 Å². The first-order valence-electron chi connectivity index (χ1n) is 10.7. The van der Waals surface area contributed by atoms with Gasteiger partial charge in [0.15, 0.2) is 0 Å². The normalized spacial score (nSPS) is 22.9. The predicted octanol–water partition coefficient (Wildman–Crippen LogP) is 6.44. The van der Waals surface area contributed by atoms with E-state index in [2.05, 4.69) is 4.98 Å². The first kappa shape index (κ1) is 23.3. The molecule has 0 spiro atoms. The Bertz CT molecular complexity index is 1200. The van der Waals surface area contributed by atoms with Crippen LogP contribution in [0.25, 0.3) is 0 Å². The van der Waals surface area contributed by atoms with Crippen LogP contribution in [0, 0.1) is 12.3 Å². The number of amides is 1. The van der Waals surface area contributed by atoms with Crippen LogP contribution in [0.1, 0.15) is 48.4 Å². The van der Waals surface area contributed by atoms with Gasteiger partial charge in [0.2, 0.25) is 5.91 Å². The Morgan fingerprint density at radius 2 is 1.82 bits per heavy atom. The highest BCUT2D eigenvalue weighted by atomic mass is 35.5. The summed E-state index contributed by atoms with van der Waals surface area (Å²) in [5, 5.41) is 10.8. The van der Waals surface area contributed by atoms with Gasteiger partial charge in [0.1, 0.15) is 5.82 Å². The molecule has 5 nitrogen and oxygen atoms in total. The van der Waals surface area contributed by atoms with Crippen LogP contribution in [0.2, 0.25) is 10.0 Å². The molecule has 1 aliphatic rings. The van der Waals surface area contributed by atoms with Gasteiger partial charge in [-0.3, -0.25) is 14.5 Å². The number of halogens is 2. The summed E-state index contributed by atoms with van der Waals surface area (Å²) in [6.07, 6.45) is 1.72. The Balaban J connectivity index is 1.97. The van der Waals surface area contributed by atoms with Gasteiger partial charge in [0.25, 0.3) is 0 Å². The van der Waals surface area contributed by atoms with Crippen LogP contribution in [0.3, 0.4) is 0 Å². The summed E-state index contributed by atoms with van der Waals surface area (Å²) >= 11 is 12.5. The summed E-state index contributed by atoms with van der Waals surface area (Å²) < 4.78 is 0. The molecule has 0 radical (unpaired) electrons. The molecule has 0 bridgehead atoms. The van der Waals surface area contributed by atoms with E-state index in [4.69, 9.17) is 23.2 Å². The van der Waals surface area contributed by atoms with E-state index < -0.39 is 17.4 Å². The van der Waals surface area contributed by atoms with Gasteiger partial charge in [-0.25, -0.2) is 4.98 Å². The standard InChI is InChI=1S/C26H24Cl2N2O3/c1-16-5-4-12-29-24(16)30-23(17-8-10-19(27)11-9-17)21(18-6-3-7-20(28)13-18)14-26(2,25(30)33)15-22(31)32/h3-13,21,23H,14-15H2,1-2H3,(H,31,32)/t21?,23?,26-/m1/s1. The van der Waals surface area contributed by atoms with E-state index in [0.29, 0.717) is 22.3 Å². The number of carbonyl (C=O) groups is 2. The smallest absolute Gasteiger partial charge is 0.304 e. The number of hydrogen-bond donors (Lipinski definition) is 1.